The molecule has 2 rings (SSSR count). The number of aliphatic carboxylic acids is 1. The van der Waals surface area contributed by atoms with Crippen LogP contribution in [0.1, 0.15) is 22.8 Å². The number of nitrogens with one attached hydrogen (secondary N) is 1. The Morgan fingerprint density at radius 2 is 1.62 bits per heavy atom. The molecule has 0 aliphatic rings. The predicted octanol–water partition coefficient (Wildman–Crippen LogP) is 3.70. The first-order valence-corrected chi connectivity index (χ1v) is 7.49. The zero-order valence-electron chi connectivity index (χ0n) is 13.2. The standard InChI is InChI=1S/C9H9NO2.C8H7BrO2.H3N/c1-7(12)10-9-4-2-8(6-11)3-5-9;9-7-3-1-6(2-4-7)5-8(10)11;/h2-6H,1H3,(H,10,12);1-4H,5H2,(H,10,11);1H3. The third kappa shape index (κ3) is 8.82. The van der Waals surface area contributed by atoms with Crippen molar-refractivity contribution in [3.63, 3.8) is 0 Å². The molecule has 2 aromatic carbocycles. The summed E-state index contributed by atoms with van der Waals surface area (Å²) >= 11 is 3.26. The fourth-order valence-electron chi connectivity index (χ4n) is 1.63. The van der Waals surface area contributed by atoms with Gasteiger partial charge in [0.25, 0.3) is 0 Å². The smallest absolute Gasteiger partial charge is 0.307 e. The number of carboxylic acids is 1. The van der Waals surface area contributed by atoms with Crippen LogP contribution in [-0.4, -0.2) is 23.3 Å². The normalized spacial score (nSPS) is 8.92. The van der Waals surface area contributed by atoms with Gasteiger partial charge < -0.3 is 16.6 Å². The number of aldehydes is 1. The average molecular weight is 395 g/mol. The van der Waals surface area contributed by atoms with Crippen LogP contribution in [0, 0.1) is 0 Å². The lowest BCUT2D eigenvalue weighted by atomic mass is 10.2. The van der Waals surface area contributed by atoms with Crippen molar-refractivity contribution in [1.82, 2.24) is 6.15 Å². The molecule has 0 spiro atoms. The highest BCUT2D eigenvalue weighted by Crippen LogP contribution is 2.10. The number of halogens is 1. The first-order chi connectivity index (χ1) is 10.9. The highest BCUT2D eigenvalue weighted by Gasteiger charge is 1.98. The molecule has 0 unspecified atom stereocenters. The molecule has 0 bridgehead atoms. The van der Waals surface area contributed by atoms with Gasteiger partial charge in [-0.2, -0.15) is 0 Å². The molecule has 6 nitrogen and oxygen atoms in total. The van der Waals surface area contributed by atoms with Crippen LogP contribution >= 0.6 is 15.9 Å². The summed E-state index contributed by atoms with van der Waals surface area (Å²) in [6, 6.07) is 13.9. The second-order valence-corrected chi connectivity index (χ2v) is 5.53. The number of carbonyl (C=O) groups is 3. The highest BCUT2D eigenvalue weighted by molar-refractivity contribution is 9.10. The number of anilines is 1. The lowest BCUT2D eigenvalue weighted by Crippen LogP contribution is -2.05. The van der Waals surface area contributed by atoms with E-state index < -0.39 is 5.97 Å². The molecule has 0 aliphatic carbocycles. The van der Waals surface area contributed by atoms with Gasteiger partial charge in [0.2, 0.25) is 5.91 Å². The van der Waals surface area contributed by atoms with Gasteiger partial charge in [-0.25, -0.2) is 0 Å². The van der Waals surface area contributed by atoms with E-state index in [1.807, 2.05) is 12.1 Å². The number of carbonyl (C=O) groups excluding carboxylic acids is 2. The maximum atomic E-state index is 10.6. The summed E-state index contributed by atoms with van der Waals surface area (Å²) in [5, 5.41) is 11.0. The van der Waals surface area contributed by atoms with E-state index in [2.05, 4.69) is 21.2 Å². The molecule has 5 N–H and O–H groups in total. The summed E-state index contributed by atoms with van der Waals surface area (Å²) in [6.45, 7) is 1.44. The molecule has 0 heterocycles. The summed E-state index contributed by atoms with van der Waals surface area (Å²) in [7, 11) is 0. The minimum absolute atomic E-state index is 0. The Morgan fingerprint density at radius 3 is 2.04 bits per heavy atom. The Kier molecular flexibility index (Phi) is 9.93. The van der Waals surface area contributed by atoms with Crippen molar-refractivity contribution in [1.29, 1.82) is 0 Å². The predicted molar refractivity (Wildman–Crippen MR) is 96.6 cm³/mol. The molecule has 0 saturated carbocycles. The minimum Gasteiger partial charge on any atom is -0.481 e. The molecule has 24 heavy (non-hydrogen) atoms. The Bertz CT molecular complexity index is 670. The number of benzene rings is 2. The molecule has 1 amide bonds. The van der Waals surface area contributed by atoms with Crippen molar-refractivity contribution >= 4 is 39.8 Å². The van der Waals surface area contributed by atoms with E-state index in [0.717, 1.165) is 16.3 Å². The fraction of sp³-hybridized carbons (Fsp3) is 0.118. The molecule has 0 atom stereocenters. The monoisotopic (exact) mass is 394 g/mol. The molecule has 0 aliphatic heterocycles. The van der Waals surface area contributed by atoms with Crippen LogP contribution in [0.4, 0.5) is 5.69 Å². The Hall–Kier alpha value is -2.51. The van der Waals surface area contributed by atoms with E-state index in [-0.39, 0.29) is 18.5 Å². The number of rotatable bonds is 4. The molecule has 0 aromatic heterocycles. The number of carboxylic acid groups (broad SMARTS) is 1. The number of hydrogen-bond acceptors (Lipinski definition) is 4. The second-order valence-electron chi connectivity index (χ2n) is 4.62. The first-order valence-electron chi connectivity index (χ1n) is 6.70. The lowest BCUT2D eigenvalue weighted by molar-refractivity contribution is -0.136. The van der Waals surface area contributed by atoms with Gasteiger partial charge >= 0.3 is 5.97 Å². The van der Waals surface area contributed by atoms with Crippen molar-refractivity contribution < 1.29 is 19.5 Å². The summed E-state index contributed by atoms with van der Waals surface area (Å²) in [6.07, 6.45) is 0.852. The van der Waals surface area contributed by atoms with Gasteiger partial charge in [0.15, 0.2) is 0 Å². The zero-order valence-corrected chi connectivity index (χ0v) is 14.7. The van der Waals surface area contributed by atoms with Crippen molar-refractivity contribution in [2.75, 3.05) is 5.32 Å². The molecule has 2 aromatic rings. The maximum Gasteiger partial charge on any atom is 0.307 e. The summed E-state index contributed by atoms with van der Waals surface area (Å²) in [5.41, 5.74) is 2.12. The lowest BCUT2D eigenvalue weighted by Gasteiger charge is -2.00. The molecular formula is C17H19BrN2O4. The van der Waals surface area contributed by atoms with E-state index in [1.54, 1.807) is 36.4 Å². The van der Waals surface area contributed by atoms with E-state index in [0.29, 0.717) is 11.3 Å². The molecule has 0 radical (unpaired) electrons. The van der Waals surface area contributed by atoms with Gasteiger partial charge in [-0.1, -0.05) is 28.1 Å². The van der Waals surface area contributed by atoms with Crippen LogP contribution in [0.2, 0.25) is 0 Å². The van der Waals surface area contributed by atoms with Crippen molar-refractivity contribution in [3.05, 3.63) is 64.1 Å². The third-order valence-corrected chi connectivity index (χ3v) is 3.16. The van der Waals surface area contributed by atoms with Gasteiger partial charge in [-0.15, -0.1) is 0 Å². The maximum absolute atomic E-state index is 10.6. The highest BCUT2D eigenvalue weighted by atomic mass is 79.9. The van der Waals surface area contributed by atoms with Gasteiger partial charge in [0.1, 0.15) is 6.29 Å². The number of amides is 1. The summed E-state index contributed by atoms with van der Waals surface area (Å²) in [4.78, 5) is 31.1. The van der Waals surface area contributed by atoms with E-state index in [4.69, 9.17) is 5.11 Å². The molecule has 0 saturated heterocycles. The molecule has 7 heteroatoms. The summed E-state index contributed by atoms with van der Waals surface area (Å²) < 4.78 is 0.964. The number of hydrogen-bond donors (Lipinski definition) is 3. The topological polar surface area (TPSA) is 118 Å². The fourth-order valence-corrected chi connectivity index (χ4v) is 1.89. The van der Waals surface area contributed by atoms with Crippen molar-refractivity contribution in [2.45, 2.75) is 13.3 Å². The van der Waals surface area contributed by atoms with Crippen LogP contribution < -0.4 is 11.5 Å². The van der Waals surface area contributed by atoms with Crippen LogP contribution in [0.25, 0.3) is 0 Å². The van der Waals surface area contributed by atoms with Crippen molar-refractivity contribution in [3.8, 4) is 0 Å². The third-order valence-electron chi connectivity index (χ3n) is 2.64. The van der Waals surface area contributed by atoms with E-state index in [9.17, 15) is 14.4 Å². The Balaban J connectivity index is 0.000000425. The second kappa shape index (κ2) is 11.1. The Labute approximate surface area is 148 Å². The zero-order chi connectivity index (χ0) is 17.2. The van der Waals surface area contributed by atoms with Crippen molar-refractivity contribution in [2.24, 2.45) is 0 Å². The summed E-state index contributed by atoms with van der Waals surface area (Å²) in [5.74, 6) is -0.916. The average Bonchev–Trinajstić information content (AvgIpc) is 2.50. The van der Waals surface area contributed by atoms with Crippen LogP contribution in [0.5, 0.6) is 0 Å². The van der Waals surface area contributed by atoms with Gasteiger partial charge in [-0.05, 0) is 42.0 Å². The first kappa shape index (κ1) is 21.5. The van der Waals surface area contributed by atoms with E-state index >= 15 is 0 Å². The van der Waals surface area contributed by atoms with Crippen LogP contribution in [-0.2, 0) is 16.0 Å². The van der Waals surface area contributed by atoms with Gasteiger partial charge in [-0.3, -0.25) is 14.4 Å². The molecular weight excluding hydrogens is 376 g/mol. The molecule has 0 fully saturated rings. The SMILES string of the molecule is CC(=O)Nc1ccc(C=O)cc1.N.O=C(O)Cc1ccc(Br)cc1. The Morgan fingerprint density at radius 1 is 1.08 bits per heavy atom. The van der Waals surface area contributed by atoms with Gasteiger partial charge in [0.05, 0.1) is 6.42 Å². The largest absolute Gasteiger partial charge is 0.481 e. The van der Waals surface area contributed by atoms with Crippen LogP contribution in [0.15, 0.2) is 53.0 Å². The van der Waals surface area contributed by atoms with E-state index in [1.165, 1.54) is 6.92 Å². The van der Waals surface area contributed by atoms with Crippen LogP contribution in [0.3, 0.4) is 0 Å². The quantitative estimate of drug-likeness (QED) is 0.683. The molecule has 128 valence electrons. The van der Waals surface area contributed by atoms with Gasteiger partial charge in [0, 0.05) is 22.6 Å². The minimum atomic E-state index is -0.799.